The van der Waals surface area contributed by atoms with Crippen LogP contribution in [-0.4, -0.2) is 12.5 Å². The Morgan fingerprint density at radius 3 is 2.79 bits per heavy atom. The van der Waals surface area contributed by atoms with Gasteiger partial charge in [-0.05, 0) is 41.1 Å². The Balaban J connectivity index is 2.44. The van der Waals surface area contributed by atoms with Crippen LogP contribution in [0.15, 0.2) is 18.2 Å². The number of carbonyl (C=O) groups is 1. The summed E-state index contributed by atoms with van der Waals surface area (Å²) in [7, 11) is 0. The van der Waals surface area contributed by atoms with E-state index in [1.54, 1.807) is 4.90 Å². The van der Waals surface area contributed by atoms with Crippen LogP contribution in [0.4, 0.5) is 5.69 Å². The number of benzene rings is 1. The van der Waals surface area contributed by atoms with Gasteiger partial charge in [-0.3, -0.25) is 4.79 Å². The largest absolute Gasteiger partial charge is 0.310 e. The summed E-state index contributed by atoms with van der Waals surface area (Å²) < 4.78 is 1.03. The SMILES string of the molecule is O=C1CCCN1c1c(Cl)cccc1I. The van der Waals surface area contributed by atoms with Crippen molar-refractivity contribution in [2.24, 2.45) is 0 Å². The minimum absolute atomic E-state index is 0.177. The zero-order valence-corrected chi connectivity index (χ0v) is 10.4. The minimum Gasteiger partial charge on any atom is -0.310 e. The van der Waals surface area contributed by atoms with Crippen molar-refractivity contribution in [2.75, 3.05) is 11.4 Å². The van der Waals surface area contributed by atoms with Crippen LogP contribution in [0, 0.1) is 3.57 Å². The molecule has 0 aliphatic carbocycles. The van der Waals surface area contributed by atoms with Gasteiger partial charge in [-0.25, -0.2) is 0 Å². The van der Waals surface area contributed by atoms with Gasteiger partial charge < -0.3 is 4.90 Å². The van der Waals surface area contributed by atoms with Crippen LogP contribution >= 0.6 is 34.2 Å². The second kappa shape index (κ2) is 4.06. The highest BCUT2D eigenvalue weighted by Crippen LogP contribution is 2.33. The fraction of sp³-hybridized carbons (Fsp3) is 0.300. The standard InChI is InChI=1S/C10H9ClINO/c11-7-3-1-4-8(12)10(7)13-6-2-5-9(13)14/h1,3-4H,2,5-6H2. The summed E-state index contributed by atoms with van der Waals surface area (Å²) in [5, 5.41) is 0.659. The molecule has 1 aliphatic rings. The summed E-state index contributed by atoms with van der Waals surface area (Å²) in [6.45, 7) is 0.790. The van der Waals surface area contributed by atoms with Crippen LogP contribution < -0.4 is 4.90 Å². The summed E-state index contributed by atoms with van der Waals surface area (Å²) in [4.78, 5) is 13.3. The Morgan fingerprint density at radius 1 is 1.43 bits per heavy atom. The number of para-hydroxylation sites is 1. The fourth-order valence-corrected chi connectivity index (χ4v) is 2.86. The van der Waals surface area contributed by atoms with E-state index in [1.165, 1.54) is 0 Å². The third kappa shape index (κ3) is 1.75. The third-order valence-electron chi connectivity index (χ3n) is 2.28. The van der Waals surface area contributed by atoms with E-state index < -0.39 is 0 Å². The van der Waals surface area contributed by atoms with Crippen LogP contribution in [0.1, 0.15) is 12.8 Å². The van der Waals surface area contributed by atoms with E-state index >= 15 is 0 Å². The van der Waals surface area contributed by atoms with E-state index in [0.29, 0.717) is 11.4 Å². The normalized spacial score (nSPS) is 16.4. The fourth-order valence-electron chi connectivity index (χ4n) is 1.63. The molecule has 0 bridgehead atoms. The highest BCUT2D eigenvalue weighted by Gasteiger charge is 2.24. The Hall–Kier alpha value is -0.290. The lowest BCUT2D eigenvalue weighted by molar-refractivity contribution is -0.117. The number of carbonyl (C=O) groups excluding carboxylic acids is 1. The first kappa shape index (κ1) is 10.2. The number of rotatable bonds is 1. The summed E-state index contributed by atoms with van der Waals surface area (Å²) in [5.41, 5.74) is 0.872. The molecule has 0 radical (unpaired) electrons. The Bertz CT molecular complexity index is 360. The molecule has 1 aromatic carbocycles. The van der Waals surface area contributed by atoms with Crippen LogP contribution in [0.3, 0.4) is 0 Å². The summed E-state index contributed by atoms with van der Waals surface area (Å²) in [6.07, 6.45) is 1.57. The molecule has 0 N–H and O–H groups in total. The van der Waals surface area contributed by atoms with E-state index in [4.69, 9.17) is 11.6 Å². The lowest BCUT2D eigenvalue weighted by Crippen LogP contribution is -2.24. The third-order valence-corrected chi connectivity index (χ3v) is 3.46. The average Bonchev–Trinajstić information content (AvgIpc) is 2.52. The Morgan fingerprint density at radius 2 is 2.21 bits per heavy atom. The molecular formula is C10H9ClINO. The van der Waals surface area contributed by atoms with E-state index in [9.17, 15) is 4.79 Å². The maximum Gasteiger partial charge on any atom is 0.227 e. The topological polar surface area (TPSA) is 20.3 Å². The molecule has 1 heterocycles. The van der Waals surface area contributed by atoms with Crippen molar-refractivity contribution in [3.63, 3.8) is 0 Å². The predicted molar refractivity (Wildman–Crippen MR) is 65.8 cm³/mol. The van der Waals surface area contributed by atoms with E-state index in [0.717, 1.165) is 22.2 Å². The predicted octanol–water partition coefficient (Wildman–Crippen LogP) is 3.07. The van der Waals surface area contributed by atoms with Crippen molar-refractivity contribution in [1.82, 2.24) is 0 Å². The van der Waals surface area contributed by atoms with Crippen molar-refractivity contribution in [3.8, 4) is 0 Å². The molecule has 2 rings (SSSR count). The minimum atomic E-state index is 0.177. The molecule has 0 unspecified atom stereocenters. The first-order valence-electron chi connectivity index (χ1n) is 4.44. The summed E-state index contributed by atoms with van der Waals surface area (Å²) in [6, 6.07) is 5.69. The maximum absolute atomic E-state index is 11.5. The van der Waals surface area contributed by atoms with E-state index in [-0.39, 0.29) is 5.91 Å². The molecule has 1 fully saturated rings. The highest BCUT2D eigenvalue weighted by molar-refractivity contribution is 14.1. The second-order valence-electron chi connectivity index (χ2n) is 3.22. The van der Waals surface area contributed by atoms with Gasteiger partial charge in [0.25, 0.3) is 0 Å². The van der Waals surface area contributed by atoms with Gasteiger partial charge in [0, 0.05) is 16.5 Å². The molecule has 0 atom stereocenters. The molecule has 1 amide bonds. The van der Waals surface area contributed by atoms with Crippen LogP contribution in [0.25, 0.3) is 0 Å². The maximum atomic E-state index is 11.5. The van der Waals surface area contributed by atoms with E-state index in [1.807, 2.05) is 18.2 Å². The van der Waals surface area contributed by atoms with Gasteiger partial charge in [0.15, 0.2) is 0 Å². The molecule has 4 heteroatoms. The van der Waals surface area contributed by atoms with Gasteiger partial charge in [-0.15, -0.1) is 0 Å². The Kier molecular flexibility index (Phi) is 2.97. The van der Waals surface area contributed by atoms with Gasteiger partial charge in [-0.2, -0.15) is 0 Å². The number of amides is 1. The van der Waals surface area contributed by atoms with Crippen LogP contribution in [0.5, 0.6) is 0 Å². The van der Waals surface area contributed by atoms with Gasteiger partial charge in [-0.1, -0.05) is 17.7 Å². The second-order valence-corrected chi connectivity index (χ2v) is 4.79. The first-order valence-corrected chi connectivity index (χ1v) is 5.90. The summed E-state index contributed by atoms with van der Waals surface area (Å²) >= 11 is 8.28. The molecule has 74 valence electrons. The number of hydrogen-bond acceptors (Lipinski definition) is 1. The molecule has 1 saturated heterocycles. The molecule has 1 aliphatic heterocycles. The highest BCUT2D eigenvalue weighted by atomic mass is 127. The molecule has 1 aromatic rings. The quantitative estimate of drug-likeness (QED) is 0.728. The van der Waals surface area contributed by atoms with Crippen LogP contribution in [0.2, 0.25) is 5.02 Å². The number of halogens is 2. The molecular weight excluding hydrogens is 312 g/mol. The molecule has 0 aromatic heterocycles. The van der Waals surface area contributed by atoms with Crippen molar-refractivity contribution >= 4 is 45.8 Å². The monoisotopic (exact) mass is 321 g/mol. The van der Waals surface area contributed by atoms with Crippen LogP contribution in [-0.2, 0) is 4.79 Å². The lowest BCUT2D eigenvalue weighted by Gasteiger charge is -2.18. The van der Waals surface area contributed by atoms with Crippen molar-refractivity contribution < 1.29 is 4.79 Å². The van der Waals surface area contributed by atoms with Gasteiger partial charge in [0.2, 0.25) is 5.91 Å². The van der Waals surface area contributed by atoms with Crippen molar-refractivity contribution in [1.29, 1.82) is 0 Å². The molecule has 2 nitrogen and oxygen atoms in total. The molecule has 14 heavy (non-hydrogen) atoms. The number of anilines is 1. The smallest absolute Gasteiger partial charge is 0.227 e. The van der Waals surface area contributed by atoms with Gasteiger partial charge in [0.05, 0.1) is 10.7 Å². The molecule has 0 spiro atoms. The number of hydrogen-bond donors (Lipinski definition) is 0. The number of nitrogens with zero attached hydrogens (tertiary/aromatic N) is 1. The Labute approximate surface area is 101 Å². The lowest BCUT2D eigenvalue weighted by atomic mass is 10.3. The average molecular weight is 322 g/mol. The van der Waals surface area contributed by atoms with Gasteiger partial charge in [0.1, 0.15) is 0 Å². The molecule has 0 saturated carbocycles. The zero-order chi connectivity index (χ0) is 10.1. The van der Waals surface area contributed by atoms with Gasteiger partial charge >= 0.3 is 0 Å². The summed E-state index contributed by atoms with van der Waals surface area (Å²) in [5.74, 6) is 0.177. The van der Waals surface area contributed by atoms with Crippen molar-refractivity contribution in [2.45, 2.75) is 12.8 Å². The first-order chi connectivity index (χ1) is 6.70. The van der Waals surface area contributed by atoms with Crippen molar-refractivity contribution in [3.05, 3.63) is 26.8 Å². The zero-order valence-electron chi connectivity index (χ0n) is 7.46. The van der Waals surface area contributed by atoms with E-state index in [2.05, 4.69) is 22.6 Å².